The number of rotatable bonds is 8. The fourth-order valence-corrected chi connectivity index (χ4v) is 5.43. The summed E-state index contributed by atoms with van der Waals surface area (Å²) >= 11 is 12.0. The van der Waals surface area contributed by atoms with E-state index in [9.17, 15) is 9.59 Å². The highest BCUT2D eigenvalue weighted by atomic mass is 35.5. The van der Waals surface area contributed by atoms with Gasteiger partial charge in [0, 0.05) is 55.9 Å². The molecule has 43 heavy (non-hydrogen) atoms. The second-order valence-corrected chi connectivity index (χ2v) is 11.2. The minimum absolute atomic E-state index is 0.100. The molecule has 3 aromatic carbocycles. The summed E-state index contributed by atoms with van der Waals surface area (Å²) in [6.07, 6.45) is 3.44. The van der Waals surface area contributed by atoms with Crippen molar-refractivity contribution in [2.24, 2.45) is 0 Å². The van der Waals surface area contributed by atoms with E-state index >= 15 is 0 Å². The lowest BCUT2D eigenvalue weighted by molar-refractivity contribution is -0.133. The molecular weight excluding hydrogens is 585 g/mol. The third kappa shape index (κ3) is 6.83. The first-order chi connectivity index (χ1) is 20.9. The lowest BCUT2D eigenvalue weighted by Gasteiger charge is -2.35. The van der Waals surface area contributed by atoms with Gasteiger partial charge < -0.3 is 19.5 Å². The number of anilines is 1. The zero-order chi connectivity index (χ0) is 29.8. The molecule has 1 fully saturated rings. The summed E-state index contributed by atoms with van der Waals surface area (Å²) in [5.74, 6) is 0.766. The van der Waals surface area contributed by atoms with E-state index in [1.807, 2.05) is 46.0 Å². The largest absolute Gasteiger partial charge is 0.438 e. The van der Waals surface area contributed by atoms with E-state index in [0.29, 0.717) is 32.9 Å². The number of hydrogen-bond donors (Lipinski definition) is 1. The summed E-state index contributed by atoms with van der Waals surface area (Å²) in [5, 5.41) is 4.35. The quantitative estimate of drug-likeness (QED) is 0.210. The molecule has 0 aliphatic carbocycles. The Morgan fingerprint density at radius 2 is 1.67 bits per heavy atom. The van der Waals surface area contributed by atoms with Crippen LogP contribution in [0.1, 0.15) is 15.9 Å². The van der Waals surface area contributed by atoms with E-state index in [4.69, 9.17) is 27.9 Å². The van der Waals surface area contributed by atoms with Crippen molar-refractivity contribution >= 4 is 51.6 Å². The average molecular weight is 615 g/mol. The van der Waals surface area contributed by atoms with E-state index in [0.717, 1.165) is 43.6 Å². The van der Waals surface area contributed by atoms with Crippen molar-refractivity contribution in [2.75, 3.05) is 31.5 Å². The van der Waals surface area contributed by atoms with Gasteiger partial charge in [-0.1, -0.05) is 59.6 Å². The molecule has 0 atom stereocenters. The van der Waals surface area contributed by atoms with Crippen molar-refractivity contribution in [1.82, 2.24) is 19.4 Å². The second-order valence-electron chi connectivity index (χ2n) is 10.3. The summed E-state index contributed by atoms with van der Waals surface area (Å²) in [6.45, 7) is 4.31. The molecule has 2 aromatic heterocycles. The summed E-state index contributed by atoms with van der Waals surface area (Å²) in [4.78, 5) is 34.4. The highest BCUT2D eigenvalue weighted by molar-refractivity contribution is 6.42. The van der Waals surface area contributed by atoms with Gasteiger partial charge in [-0.25, -0.2) is 4.98 Å². The molecule has 6 rings (SSSR count). The van der Waals surface area contributed by atoms with Crippen LogP contribution in [0.5, 0.6) is 11.6 Å². The van der Waals surface area contributed by atoms with Crippen molar-refractivity contribution < 1.29 is 14.3 Å². The first-order valence-electron chi connectivity index (χ1n) is 14.0. The highest BCUT2D eigenvalue weighted by Gasteiger charge is 2.22. The SMILES string of the molecule is O=C(Nc1ccc(Oc2cccc3c2ccn3CC(=O)N2CCN(Cc3ccccc3)CC2)nc1)c1ccc(Cl)c(Cl)c1. The number of carbonyl (C=O) groups is 2. The van der Waals surface area contributed by atoms with E-state index in [2.05, 4.69) is 39.5 Å². The lowest BCUT2D eigenvalue weighted by Crippen LogP contribution is -2.49. The molecular formula is C33H29Cl2N5O3. The van der Waals surface area contributed by atoms with Gasteiger partial charge in [-0.15, -0.1) is 0 Å². The molecule has 1 aliphatic rings. The van der Waals surface area contributed by atoms with Crippen LogP contribution in [0, 0.1) is 0 Å². The molecule has 1 aliphatic heterocycles. The van der Waals surface area contributed by atoms with Crippen LogP contribution in [-0.4, -0.2) is 57.3 Å². The van der Waals surface area contributed by atoms with Crippen molar-refractivity contribution in [1.29, 1.82) is 0 Å². The molecule has 218 valence electrons. The first-order valence-corrected chi connectivity index (χ1v) is 14.7. The van der Waals surface area contributed by atoms with Crippen molar-refractivity contribution in [2.45, 2.75) is 13.1 Å². The predicted molar refractivity (Wildman–Crippen MR) is 169 cm³/mol. The van der Waals surface area contributed by atoms with Gasteiger partial charge in [0.05, 0.1) is 27.4 Å². The summed E-state index contributed by atoms with van der Waals surface area (Å²) in [5.41, 5.74) is 3.08. The molecule has 2 amide bonds. The maximum Gasteiger partial charge on any atom is 0.255 e. The number of pyridine rings is 1. The fraction of sp³-hybridized carbons (Fsp3) is 0.182. The van der Waals surface area contributed by atoms with Gasteiger partial charge in [0.25, 0.3) is 5.91 Å². The Balaban J connectivity index is 1.06. The Kier molecular flexibility index (Phi) is 8.60. The Morgan fingerprint density at radius 3 is 2.42 bits per heavy atom. The maximum atomic E-state index is 13.2. The number of piperazine rings is 1. The van der Waals surface area contributed by atoms with Gasteiger partial charge in [-0.05, 0) is 48.0 Å². The average Bonchev–Trinajstić information content (AvgIpc) is 3.44. The molecule has 1 saturated heterocycles. The van der Waals surface area contributed by atoms with Crippen LogP contribution in [-0.2, 0) is 17.9 Å². The van der Waals surface area contributed by atoms with Crippen molar-refractivity contribution in [3.8, 4) is 11.6 Å². The van der Waals surface area contributed by atoms with Crippen LogP contribution < -0.4 is 10.1 Å². The summed E-state index contributed by atoms with van der Waals surface area (Å²) in [7, 11) is 0. The third-order valence-corrected chi connectivity index (χ3v) is 8.18. The molecule has 0 radical (unpaired) electrons. The Hall–Kier alpha value is -4.37. The monoisotopic (exact) mass is 613 g/mol. The zero-order valence-corrected chi connectivity index (χ0v) is 24.8. The standard InChI is InChI=1S/C33H29Cl2N5O3/c34-27-11-9-24(19-28(27)35)33(42)37-25-10-12-31(36-20-25)43-30-8-4-7-29-26(30)13-14-40(29)22-32(41)39-17-15-38(16-18-39)21-23-5-2-1-3-6-23/h1-14,19-20H,15-18,21-22H2,(H,37,42). The molecule has 5 aromatic rings. The number of carbonyl (C=O) groups excluding carboxylic acids is 2. The molecule has 10 heteroatoms. The first kappa shape index (κ1) is 28.7. The van der Waals surface area contributed by atoms with Gasteiger partial charge in [-0.3, -0.25) is 14.5 Å². The molecule has 0 saturated carbocycles. The van der Waals surface area contributed by atoms with Gasteiger partial charge in [-0.2, -0.15) is 0 Å². The van der Waals surface area contributed by atoms with E-state index in [-0.39, 0.29) is 18.4 Å². The maximum absolute atomic E-state index is 13.2. The lowest BCUT2D eigenvalue weighted by atomic mass is 10.2. The third-order valence-electron chi connectivity index (χ3n) is 7.44. The Labute approximate surface area is 259 Å². The molecule has 1 N–H and O–H groups in total. The summed E-state index contributed by atoms with van der Waals surface area (Å²) in [6, 6.07) is 26.2. The van der Waals surface area contributed by atoms with E-state index in [1.165, 1.54) is 17.8 Å². The van der Waals surface area contributed by atoms with Crippen molar-refractivity contribution in [3.05, 3.63) is 118 Å². The zero-order valence-electron chi connectivity index (χ0n) is 23.2. The van der Waals surface area contributed by atoms with Gasteiger partial charge in [0.1, 0.15) is 12.3 Å². The predicted octanol–water partition coefficient (Wildman–Crippen LogP) is 6.73. The van der Waals surface area contributed by atoms with Gasteiger partial charge in [0.2, 0.25) is 11.8 Å². The van der Waals surface area contributed by atoms with Crippen LogP contribution in [0.4, 0.5) is 5.69 Å². The van der Waals surface area contributed by atoms with Crippen molar-refractivity contribution in [3.63, 3.8) is 0 Å². The van der Waals surface area contributed by atoms with E-state index < -0.39 is 0 Å². The number of ether oxygens (including phenoxy) is 1. The molecule has 0 unspecified atom stereocenters. The van der Waals surface area contributed by atoms with E-state index in [1.54, 1.807) is 24.3 Å². The second kappa shape index (κ2) is 12.9. The van der Waals surface area contributed by atoms with Gasteiger partial charge >= 0.3 is 0 Å². The fourth-order valence-electron chi connectivity index (χ4n) is 5.13. The number of nitrogens with one attached hydrogen (secondary N) is 1. The topological polar surface area (TPSA) is 79.7 Å². The number of hydrogen-bond acceptors (Lipinski definition) is 5. The number of halogens is 2. The normalized spacial score (nSPS) is 13.7. The number of aromatic nitrogens is 2. The minimum atomic E-state index is -0.330. The van der Waals surface area contributed by atoms with Gasteiger partial charge in [0.15, 0.2) is 0 Å². The molecule has 0 bridgehead atoms. The molecule has 0 spiro atoms. The molecule has 3 heterocycles. The van der Waals surface area contributed by atoms with Crippen LogP contribution in [0.3, 0.4) is 0 Å². The number of amides is 2. The molecule has 8 nitrogen and oxygen atoms in total. The van der Waals surface area contributed by atoms with Crippen LogP contribution in [0.25, 0.3) is 10.9 Å². The number of benzene rings is 3. The number of fused-ring (bicyclic) bond motifs is 1. The van der Waals surface area contributed by atoms with Crippen LogP contribution >= 0.6 is 23.2 Å². The minimum Gasteiger partial charge on any atom is -0.438 e. The van der Waals surface area contributed by atoms with Crippen LogP contribution in [0.15, 0.2) is 97.3 Å². The Morgan fingerprint density at radius 1 is 0.860 bits per heavy atom. The smallest absolute Gasteiger partial charge is 0.255 e. The van der Waals surface area contributed by atoms with Crippen LogP contribution in [0.2, 0.25) is 10.0 Å². The Bertz CT molecular complexity index is 1750. The summed E-state index contributed by atoms with van der Waals surface area (Å²) < 4.78 is 8.04. The number of nitrogens with zero attached hydrogens (tertiary/aromatic N) is 4. The highest BCUT2D eigenvalue weighted by Crippen LogP contribution is 2.30.